The first-order valence-corrected chi connectivity index (χ1v) is 9.20. The predicted molar refractivity (Wildman–Crippen MR) is 95.8 cm³/mol. The van der Waals surface area contributed by atoms with E-state index in [0.29, 0.717) is 29.6 Å². The van der Waals surface area contributed by atoms with Gasteiger partial charge in [0, 0.05) is 41.3 Å². The fraction of sp³-hybridized carbons (Fsp3) is 0.368. The first-order chi connectivity index (χ1) is 12.0. The van der Waals surface area contributed by atoms with Crippen molar-refractivity contribution in [3.05, 3.63) is 50.3 Å². The Balaban J connectivity index is 1.94. The largest absolute Gasteiger partial charge is 0.505 e. The van der Waals surface area contributed by atoms with Gasteiger partial charge in [0.15, 0.2) is 17.3 Å². The zero-order valence-electron chi connectivity index (χ0n) is 13.5. The summed E-state index contributed by atoms with van der Waals surface area (Å²) in [7, 11) is 0. The number of aromatic hydroxyl groups is 1. The fourth-order valence-electron chi connectivity index (χ4n) is 4.07. The van der Waals surface area contributed by atoms with Crippen molar-refractivity contribution in [3.63, 3.8) is 0 Å². The lowest BCUT2D eigenvalue weighted by Crippen LogP contribution is -2.36. The normalized spacial score (nSPS) is 21.2. The van der Waals surface area contributed by atoms with Crippen molar-refractivity contribution in [3.8, 4) is 5.75 Å². The van der Waals surface area contributed by atoms with Crippen molar-refractivity contribution < 1.29 is 14.7 Å². The van der Waals surface area contributed by atoms with Gasteiger partial charge in [-0.15, -0.1) is 0 Å². The topological polar surface area (TPSA) is 66.4 Å². The standard InChI is InChI=1S/C19H17Cl2NO3/c20-10-7-9(8-11(21)19(10)25)16-17-12(3-1-5-14(17)23)22-13-4-2-6-15(24)18(13)16/h7-8,16,22,25H,1-6H2. The molecule has 4 nitrogen and oxygen atoms in total. The molecule has 0 atom stereocenters. The van der Waals surface area contributed by atoms with Crippen LogP contribution in [0, 0.1) is 0 Å². The SMILES string of the molecule is O=C1CCCC2=C1C(c1cc(Cl)c(O)c(Cl)c1)C1=C(CCCC1=O)N2. The van der Waals surface area contributed by atoms with E-state index in [1.54, 1.807) is 12.1 Å². The van der Waals surface area contributed by atoms with Crippen LogP contribution >= 0.6 is 23.2 Å². The van der Waals surface area contributed by atoms with E-state index in [-0.39, 0.29) is 27.4 Å². The maximum atomic E-state index is 12.7. The van der Waals surface area contributed by atoms with Crippen molar-refractivity contribution in [2.24, 2.45) is 0 Å². The molecule has 2 N–H and O–H groups in total. The molecule has 0 radical (unpaired) electrons. The monoisotopic (exact) mass is 377 g/mol. The zero-order valence-corrected chi connectivity index (χ0v) is 15.0. The van der Waals surface area contributed by atoms with E-state index in [4.69, 9.17) is 23.2 Å². The zero-order chi connectivity index (χ0) is 17.7. The number of phenolic OH excluding ortho intramolecular Hbond substituents is 1. The average Bonchev–Trinajstić information content (AvgIpc) is 2.58. The quantitative estimate of drug-likeness (QED) is 0.760. The van der Waals surface area contributed by atoms with Gasteiger partial charge in [0.2, 0.25) is 0 Å². The molecule has 0 saturated carbocycles. The third-order valence-electron chi connectivity index (χ3n) is 5.16. The summed E-state index contributed by atoms with van der Waals surface area (Å²) in [6.07, 6.45) is 4.17. The molecule has 0 saturated heterocycles. The van der Waals surface area contributed by atoms with E-state index in [1.165, 1.54) is 0 Å². The molecule has 1 aliphatic heterocycles. The number of allylic oxidation sites excluding steroid dienone is 4. The lowest BCUT2D eigenvalue weighted by molar-refractivity contribution is -0.116. The van der Waals surface area contributed by atoms with Gasteiger partial charge in [-0.3, -0.25) is 9.59 Å². The summed E-state index contributed by atoms with van der Waals surface area (Å²) in [5, 5.41) is 13.5. The van der Waals surface area contributed by atoms with Crippen LogP contribution in [0.1, 0.15) is 50.0 Å². The number of nitrogens with one attached hydrogen (secondary N) is 1. The van der Waals surface area contributed by atoms with E-state index in [0.717, 1.165) is 37.1 Å². The Hall–Kier alpha value is -1.78. The van der Waals surface area contributed by atoms with E-state index in [9.17, 15) is 14.7 Å². The summed E-state index contributed by atoms with van der Waals surface area (Å²) in [6, 6.07) is 3.22. The summed E-state index contributed by atoms with van der Waals surface area (Å²) in [4.78, 5) is 25.4. The molecular formula is C19H17Cl2NO3. The van der Waals surface area contributed by atoms with Gasteiger partial charge in [-0.2, -0.15) is 0 Å². The van der Waals surface area contributed by atoms with Crippen LogP contribution in [-0.2, 0) is 9.59 Å². The maximum Gasteiger partial charge on any atom is 0.161 e. The van der Waals surface area contributed by atoms with E-state index in [1.807, 2.05) is 0 Å². The molecule has 0 fully saturated rings. The molecule has 4 rings (SSSR count). The number of halogens is 2. The highest BCUT2D eigenvalue weighted by molar-refractivity contribution is 6.37. The van der Waals surface area contributed by atoms with Gasteiger partial charge in [-0.1, -0.05) is 23.2 Å². The molecule has 3 aliphatic rings. The van der Waals surface area contributed by atoms with E-state index >= 15 is 0 Å². The predicted octanol–water partition coefficient (Wildman–Crippen LogP) is 4.40. The van der Waals surface area contributed by atoms with Crippen molar-refractivity contribution in [2.75, 3.05) is 0 Å². The minimum atomic E-state index is -0.456. The summed E-state index contributed by atoms with van der Waals surface area (Å²) in [6.45, 7) is 0. The number of benzene rings is 1. The first-order valence-electron chi connectivity index (χ1n) is 8.44. The lowest BCUT2D eigenvalue weighted by Gasteiger charge is -2.37. The van der Waals surface area contributed by atoms with Gasteiger partial charge < -0.3 is 10.4 Å². The van der Waals surface area contributed by atoms with Gasteiger partial charge in [0.1, 0.15) is 0 Å². The lowest BCUT2D eigenvalue weighted by atomic mass is 9.71. The molecule has 1 aromatic carbocycles. The number of phenols is 1. The first kappa shape index (κ1) is 16.7. The van der Waals surface area contributed by atoms with Crippen molar-refractivity contribution in [2.45, 2.75) is 44.4 Å². The van der Waals surface area contributed by atoms with Gasteiger partial charge in [-0.25, -0.2) is 0 Å². The van der Waals surface area contributed by atoms with Crippen LogP contribution in [0.15, 0.2) is 34.7 Å². The van der Waals surface area contributed by atoms with Gasteiger partial charge >= 0.3 is 0 Å². The number of dihydropyridines is 1. The summed E-state index contributed by atoms with van der Waals surface area (Å²) < 4.78 is 0. The summed E-state index contributed by atoms with van der Waals surface area (Å²) >= 11 is 12.2. The van der Waals surface area contributed by atoms with Crippen LogP contribution in [0.25, 0.3) is 0 Å². The second kappa shape index (κ2) is 6.19. The minimum Gasteiger partial charge on any atom is -0.505 e. The summed E-state index contributed by atoms with van der Waals surface area (Å²) in [5.74, 6) is -0.523. The van der Waals surface area contributed by atoms with Crippen LogP contribution in [0.4, 0.5) is 0 Å². The Bertz CT molecular complexity index is 804. The smallest absolute Gasteiger partial charge is 0.161 e. The van der Waals surface area contributed by atoms with Crippen molar-refractivity contribution in [1.82, 2.24) is 5.32 Å². The van der Waals surface area contributed by atoms with Gasteiger partial charge in [0.05, 0.1) is 10.0 Å². The molecule has 25 heavy (non-hydrogen) atoms. The highest BCUT2D eigenvalue weighted by Gasteiger charge is 2.40. The highest BCUT2D eigenvalue weighted by Crippen LogP contribution is 2.47. The Kier molecular flexibility index (Phi) is 4.13. The van der Waals surface area contributed by atoms with E-state index in [2.05, 4.69) is 5.32 Å². The molecule has 0 aromatic heterocycles. The number of hydrogen-bond acceptors (Lipinski definition) is 4. The number of Topliss-reactive ketones (excluding diaryl/α,β-unsaturated/α-hetero) is 2. The molecule has 1 aromatic rings. The maximum absolute atomic E-state index is 12.7. The molecule has 0 bridgehead atoms. The Morgan fingerprint density at radius 1 is 0.880 bits per heavy atom. The van der Waals surface area contributed by atoms with Gasteiger partial charge in [0.25, 0.3) is 0 Å². The van der Waals surface area contributed by atoms with E-state index < -0.39 is 5.92 Å². The third kappa shape index (κ3) is 2.68. The molecule has 1 heterocycles. The second-order valence-corrected chi connectivity index (χ2v) is 7.54. The van der Waals surface area contributed by atoms with Crippen molar-refractivity contribution >= 4 is 34.8 Å². The van der Waals surface area contributed by atoms with Crippen LogP contribution in [0.3, 0.4) is 0 Å². The number of ketones is 2. The van der Waals surface area contributed by atoms with Crippen LogP contribution in [0.2, 0.25) is 10.0 Å². The Labute approximate surface area is 155 Å². The number of carbonyl (C=O) groups is 2. The van der Waals surface area contributed by atoms with Crippen LogP contribution < -0.4 is 5.32 Å². The second-order valence-electron chi connectivity index (χ2n) is 6.73. The molecule has 0 unspecified atom stereocenters. The number of hydrogen-bond donors (Lipinski definition) is 2. The molecule has 130 valence electrons. The fourth-order valence-corrected chi connectivity index (χ4v) is 4.57. The molecule has 0 amide bonds. The van der Waals surface area contributed by atoms with Gasteiger partial charge in [-0.05, 0) is 43.4 Å². The van der Waals surface area contributed by atoms with Crippen LogP contribution in [0.5, 0.6) is 5.75 Å². The molecule has 0 spiro atoms. The van der Waals surface area contributed by atoms with Crippen LogP contribution in [-0.4, -0.2) is 16.7 Å². The Morgan fingerprint density at radius 3 is 1.84 bits per heavy atom. The molecule has 6 heteroatoms. The number of carbonyl (C=O) groups excluding carboxylic acids is 2. The highest BCUT2D eigenvalue weighted by atomic mass is 35.5. The minimum absolute atomic E-state index is 0.0593. The molecular weight excluding hydrogens is 361 g/mol. The Morgan fingerprint density at radius 2 is 1.36 bits per heavy atom. The molecule has 2 aliphatic carbocycles. The number of rotatable bonds is 1. The summed E-state index contributed by atoms with van der Waals surface area (Å²) in [5.41, 5.74) is 3.81. The average molecular weight is 378 g/mol. The van der Waals surface area contributed by atoms with Crippen molar-refractivity contribution in [1.29, 1.82) is 0 Å². The third-order valence-corrected chi connectivity index (χ3v) is 5.74.